The maximum Gasteiger partial charge on any atom is 0.340 e. The molecular weight excluding hydrogens is 736 g/mol. The van der Waals surface area contributed by atoms with Gasteiger partial charge in [0.25, 0.3) is 22.7 Å². The average molecular weight is 761 g/mol. The fourth-order valence-electron chi connectivity index (χ4n) is 5.07. The summed E-state index contributed by atoms with van der Waals surface area (Å²) in [6, 6.07) is 17.1. The Morgan fingerprint density at radius 1 is 0.509 bits per heavy atom. The molecule has 1 aliphatic heterocycles. The lowest BCUT2D eigenvalue weighted by Gasteiger charge is -2.39. The van der Waals surface area contributed by atoms with Crippen LogP contribution in [0.25, 0.3) is 0 Å². The summed E-state index contributed by atoms with van der Waals surface area (Å²) >= 11 is 0. The second-order valence-corrected chi connectivity index (χ2v) is 11.4. The van der Waals surface area contributed by atoms with Gasteiger partial charge in [-0.3, -0.25) is 40.5 Å². The molecule has 282 valence electrons. The zero-order valence-corrected chi connectivity index (χ0v) is 27.7. The molecule has 1 aliphatic rings. The van der Waals surface area contributed by atoms with Crippen molar-refractivity contribution in [2.75, 3.05) is 6.61 Å². The molecule has 0 bridgehead atoms. The van der Waals surface area contributed by atoms with Gasteiger partial charge in [-0.15, -0.1) is 0 Å². The van der Waals surface area contributed by atoms with Crippen LogP contribution < -0.4 is 0 Å². The van der Waals surface area contributed by atoms with Gasteiger partial charge < -0.3 is 23.7 Å². The van der Waals surface area contributed by atoms with Crippen molar-refractivity contribution in [2.24, 2.45) is 0 Å². The maximum absolute atomic E-state index is 13.4. The largest absolute Gasteiger partial charge is 0.459 e. The molecule has 1 saturated heterocycles. The predicted molar refractivity (Wildman–Crippen MR) is 180 cm³/mol. The molecule has 4 aromatic rings. The Balaban J connectivity index is 1.46. The first-order chi connectivity index (χ1) is 26.2. The van der Waals surface area contributed by atoms with Gasteiger partial charge in [0.15, 0.2) is 6.10 Å². The average Bonchev–Trinajstić information content (AvgIpc) is 3.17. The summed E-state index contributed by atoms with van der Waals surface area (Å²) in [6.45, 7) is -0.773. The van der Waals surface area contributed by atoms with Gasteiger partial charge in [0.2, 0.25) is 6.29 Å². The van der Waals surface area contributed by atoms with E-state index in [0.29, 0.717) is 0 Å². The number of hydrogen-bond acceptors (Lipinski definition) is 17. The summed E-state index contributed by atoms with van der Waals surface area (Å²) in [5, 5.41) is 44.4. The number of nitrogens with zero attached hydrogens (tertiary/aromatic N) is 4. The van der Waals surface area contributed by atoms with Gasteiger partial charge in [0, 0.05) is 48.5 Å². The Morgan fingerprint density at radius 2 is 0.836 bits per heavy atom. The second kappa shape index (κ2) is 16.8. The van der Waals surface area contributed by atoms with E-state index in [4.69, 9.17) is 23.7 Å². The summed E-state index contributed by atoms with van der Waals surface area (Å²) in [6.07, 6.45) is -6.93. The third-order valence-electron chi connectivity index (χ3n) is 7.86. The molecule has 4 atom stereocenters. The third-order valence-corrected chi connectivity index (χ3v) is 7.86. The van der Waals surface area contributed by atoms with Crippen molar-refractivity contribution < 1.29 is 62.6 Å². The fourth-order valence-corrected chi connectivity index (χ4v) is 5.07. The quantitative estimate of drug-likeness (QED) is 0.0757. The Bertz CT molecular complexity index is 2140. The van der Waals surface area contributed by atoms with Crippen molar-refractivity contribution in [1.29, 1.82) is 0 Å². The third kappa shape index (κ3) is 9.61. The highest BCUT2D eigenvalue weighted by molar-refractivity contribution is 5.91. The number of esters is 4. The number of nitro benzene ring substituents is 4. The zero-order chi connectivity index (χ0) is 39.8. The van der Waals surface area contributed by atoms with Crippen LogP contribution >= 0.6 is 0 Å². The number of ether oxygens (including phenoxy) is 5. The number of hydrogen-bond donors (Lipinski definition) is 0. The Morgan fingerprint density at radius 3 is 1.20 bits per heavy atom. The van der Waals surface area contributed by atoms with Crippen molar-refractivity contribution in [3.63, 3.8) is 0 Å². The van der Waals surface area contributed by atoms with E-state index >= 15 is 0 Å². The molecule has 1 heterocycles. The van der Waals surface area contributed by atoms with E-state index in [2.05, 4.69) is 0 Å². The molecule has 1 fully saturated rings. The molecule has 21 heteroatoms. The summed E-state index contributed by atoms with van der Waals surface area (Å²) in [7, 11) is 0. The standard InChI is InChI=1S/C34H24N4O17/c39-31(19-1-9-23(10-2-19)35(43)44)51-18-28-30(55-34(42)22-7-15-26(16-8-22)38(49)50)27(53-32(40)20-3-11-24(12-4-20)36(45)46)17-29(52-28)54-33(41)21-5-13-25(14-6-21)37(47)48/h1-16,27-30H,17-18H2/t27-,28-,29+,30+/m0/s1. The number of non-ortho nitro benzene ring substituents is 4. The first-order valence-corrected chi connectivity index (χ1v) is 15.6. The smallest absolute Gasteiger partial charge is 0.340 e. The summed E-state index contributed by atoms with van der Waals surface area (Å²) in [5.41, 5.74) is -1.99. The van der Waals surface area contributed by atoms with Crippen LogP contribution in [0, 0.1) is 40.5 Å². The van der Waals surface area contributed by atoms with E-state index in [9.17, 15) is 59.6 Å². The number of carbonyl (C=O) groups excluding carboxylic acids is 4. The molecule has 0 saturated carbocycles. The summed E-state index contributed by atoms with van der Waals surface area (Å²) in [4.78, 5) is 94.3. The highest BCUT2D eigenvalue weighted by atomic mass is 16.7. The van der Waals surface area contributed by atoms with Crippen molar-refractivity contribution in [1.82, 2.24) is 0 Å². The van der Waals surface area contributed by atoms with E-state index in [-0.39, 0.29) is 45.0 Å². The van der Waals surface area contributed by atoms with Crippen LogP contribution in [0.2, 0.25) is 0 Å². The lowest BCUT2D eigenvalue weighted by atomic mass is 10.0. The molecular formula is C34H24N4O17. The van der Waals surface area contributed by atoms with Crippen molar-refractivity contribution in [3.05, 3.63) is 160 Å². The van der Waals surface area contributed by atoms with E-state index in [0.717, 1.165) is 97.1 Å². The van der Waals surface area contributed by atoms with Crippen molar-refractivity contribution >= 4 is 46.6 Å². The van der Waals surface area contributed by atoms with E-state index < -0.39 is 81.2 Å². The van der Waals surface area contributed by atoms with Crippen LogP contribution in [0.5, 0.6) is 0 Å². The fraction of sp³-hybridized carbons (Fsp3) is 0.176. The van der Waals surface area contributed by atoms with Crippen LogP contribution in [0.3, 0.4) is 0 Å². The van der Waals surface area contributed by atoms with Crippen LogP contribution in [0.1, 0.15) is 47.9 Å². The van der Waals surface area contributed by atoms with Crippen LogP contribution in [0.15, 0.2) is 97.1 Å². The molecule has 0 spiro atoms. The van der Waals surface area contributed by atoms with Crippen molar-refractivity contribution in [3.8, 4) is 0 Å². The van der Waals surface area contributed by atoms with Gasteiger partial charge in [0.05, 0.1) is 48.4 Å². The first-order valence-electron chi connectivity index (χ1n) is 15.6. The van der Waals surface area contributed by atoms with Gasteiger partial charge >= 0.3 is 23.9 Å². The van der Waals surface area contributed by atoms with E-state index in [1.165, 1.54) is 0 Å². The van der Waals surface area contributed by atoms with Gasteiger partial charge in [0.1, 0.15) is 18.8 Å². The van der Waals surface area contributed by atoms with Crippen LogP contribution in [-0.4, -0.2) is 74.8 Å². The molecule has 0 amide bonds. The Hall–Kier alpha value is -7.68. The molecule has 0 radical (unpaired) electrons. The Kier molecular flexibility index (Phi) is 11.8. The number of carbonyl (C=O) groups is 4. The molecule has 4 aromatic carbocycles. The molecule has 0 unspecified atom stereocenters. The van der Waals surface area contributed by atoms with Gasteiger partial charge in [-0.1, -0.05) is 0 Å². The lowest BCUT2D eigenvalue weighted by molar-refractivity contribution is -0.385. The SMILES string of the molecule is O=C(OC[C@@H]1O[C@H](OC(=O)c2ccc([N+](=O)[O-])cc2)C[C@H](OC(=O)c2ccc([N+](=O)[O-])cc2)[C@H]1OC(=O)c1ccc([N+](=O)[O-])cc1)c1ccc([N+](=O)[O-])cc1. The number of rotatable bonds is 13. The van der Waals surface area contributed by atoms with Crippen LogP contribution in [0.4, 0.5) is 22.7 Å². The van der Waals surface area contributed by atoms with Gasteiger partial charge in [-0.25, -0.2) is 19.2 Å². The summed E-state index contributed by atoms with van der Waals surface area (Å²) < 4.78 is 28.1. The minimum absolute atomic E-state index is 0.136. The van der Waals surface area contributed by atoms with Crippen molar-refractivity contribution in [2.45, 2.75) is 31.0 Å². The van der Waals surface area contributed by atoms with Gasteiger partial charge in [-0.2, -0.15) is 0 Å². The highest BCUT2D eigenvalue weighted by Crippen LogP contribution is 2.30. The maximum atomic E-state index is 13.4. The minimum Gasteiger partial charge on any atom is -0.459 e. The second-order valence-electron chi connectivity index (χ2n) is 11.4. The number of nitro groups is 4. The molecule has 5 rings (SSSR count). The predicted octanol–water partition coefficient (Wildman–Crippen LogP) is 4.90. The van der Waals surface area contributed by atoms with E-state index in [1.807, 2.05) is 0 Å². The zero-order valence-electron chi connectivity index (χ0n) is 27.7. The monoisotopic (exact) mass is 760 g/mol. The first kappa shape index (κ1) is 38.5. The molecule has 21 nitrogen and oxygen atoms in total. The topological polar surface area (TPSA) is 287 Å². The Labute approximate surface area is 306 Å². The number of benzene rings is 4. The molecule has 0 aromatic heterocycles. The highest BCUT2D eigenvalue weighted by Gasteiger charge is 2.46. The summed E-state index contributed by atoms with van der Waals surface area (Å²) in [5.74, 6) is -4.26. The van der Waals surface area contributed by atoms with Crippen LogP contribution in [-0.2, 0) is 23.7 Å². The molecule has 0 aliphatic carbocycles. The van der Waals surface area contributed by atoms with Gasteiger partial charge in [-0.05, 0) is 48.5 Å². The van der Waals surface area contributed by atoms with E-state index in [1.54, 1.807) is 0 Å². The lowest BCUT2D eigenvalue weighted by Crippen LogP contribution is -2.54. The minimum atomic E-state index is -1.65. The molecule has 0 N–H and O–H groups in total. The normalized spacial score (nSPS) is 17.5. The molecule has 55 heavy (non-hydrogen) atoms.